The van der Waals surface area contributed by atoms with Crippen molar-refractivity contribution in [1.82, 2.24) is 9.80 Å². The molecule has 1 aliphatic heterocycles. The molecular formula is C22H30N2O4S2. The molecule has 1 amide bonds. The maximum absolute atomic E-state index is 12.7. The Bertz CT molecular complexity index is 840. The number of benzene rings is 1. The molecule has 1 unspecified atom stereocenters. The van der Waals surface area contributed by atoms with Gasteiger partial charge in [-0.1, -0.05) is 0 Å². The van der Waals surface area contributed by atoms with Crippen molar-refractivity contribution < 1.29 is 18.7 Å². The fourth-order valence-corrected chi connectivity index (χ4v) is 5.50. The van der Waals surface area contributed by atoms with Crippen molar-refractivity contribution in [3.8, 4) is 11.5 Å². The Morgan fingerprint density at radius 1 is 1.20 bits per heavy atom. The number of hydrogen-bond donors (Lipinski definition) is 0. The lowest BCUT2D eigenvalue weighted by Crippen LogP contribution is -2.38. The number of thioether (sulfide) groups is 2. The summed E-state index contributed by atoms with van der Waals surface area (Å²) in [7, 11) is 7.36. The Kier molecular flexibility index (Phi) is 8.41. The van der Waals surface area contributed by atoms with Crippen molar-refractivity contribution in [2.75, 3.05) is 46.4 Å². The van der Waals surface area contributed by atoms with Crippen LogP contribution >= 0.6 is 23.5 Å². The number of hydrogen-bond acceptors (Lipinski definition) is 7. The highest BCUT2D eigenvalue weighted by molar-refractivity contribution is 7.99. The Balaban J connectivity index is 1.62. The maximum Gasteiger partial charge on any atom is 0.224 e. The van der Waals surface area contributed by atoms with E-state index in [1.54, 1.807) is 37.7 Å². The number of amides is 1. The second-order valence-electron chi connectivity index (χ2n) is 7.33. The van der Waals surface area contributed by atoms with Crippen LogP contribution in [0, 0.1) is 0 Å². The van der Waals surface area contributed by atoms with Crippen LogP contribution in [0.4, 0.5) is 0 Å². The molecule has 2 aromatic rings. The van der Waals surface area contributed by atoms with Gasteiger partial charge in [0, 0.05) is 30.0 Å². The van der Waals surface area contributed by atoms with E-state index < -0.39 is 0 Å². The number of nitrogens with zero attached hydrogens (tertiary/aromatic N) is 2. The van der Waals surface area contributed by atoms with Gasteiger partial charge in [-0.3, -0.25) is 4.79 Å². The Morgan fingerprint density at radius 3 is 2.73 bits per heavy atom. The molecule has 30 heavy (non-hydrogen) atoms. The van der Waals surface area contributed by atoms with E-state index in [2.05, 4.69) is 4.90 Å². The third-order valence-electron chi connectivity index (χ3n) is 4.81. The normalized spacial score (nSPS) is 16.9. The van der Waals surface area contributed by atoms with E-state index in [4.69, 9.17) is 13.9 Å². The van der Waals surface area contributed by atoms with Crippen LogP contribution in [0.25, 0.3) is 0 Å². The lowest BCUT2D eigenvalue weighted by atomic mass is 10.1. The van der Waals surface area contributed by atoms with Crippen LogP contribution in [0.15, 0.2) is 34.7 Å². The molecule has 1 fully saturated rings. The summed E-state index contributed by atoms with van der Waals surface area (Å²) >= 11 is 3.56. The molecule has 3 rings (SSSR count). The molecule has 1 saturated heterocycles. The summed E-state index contributed by atoms with van der Waals surface area (Å²) < 4.78 is 16.8. The van der Waals surface area contributed by atoms with Crippen LogP contribution in [-0.4, -0.2) is 62.1 Å². The molecule has 0 aliphatic carbocycles. The highest BCUT2D eigenvalue weighted by atomic mass is 32.2. The van der Waals surface area contributed by atoms with Crippen LogP contribution in [0.3, 0.4) is 0 Å². The number of carbonyl (C=O) groups is 1. The van der Waals surface area contributed by atoms with Gasteiger partial charge in [-0.25, -0.2) is 0 Å². The zero-order chi connectivity index (χ0) is 21.5. The van der Waals surface area contributed by atoms with E-state index in [0.29, 0.717) is 13.0 Å². The Labute approximate surface area is 187 Å². The molecule has 0 saturated carbocycles. The highest BCUT2D eigenvalue weighted by Gasteiger charge is 2.31. The lowest BCUT2D eigenvalue weighted by molar-refractivity contribution is -0.131. The average molecular weight is 451 g/mol. The quantitative estimate of drug-likeness (QED) is 0.502. The first-order chi connectivity index (χ1) is 14.5. The van der Waals surface area contributed by atoms with E-state index in [-0.39, 0.29) is 11.3 Å². The number of ether oxygens (including phenoxy) is 2. The molecule has 8 heteroatoms. The molecule has 0 bridgehead atoms. The zero-order valence-electron chi connectivity index (χ0n) is 18.1. The average Bonchev–Trinajstić information content (AvgIpc) is 3.18. The van der Waals surface area contributed by atoms with Crippen LogP contribution < -0.4 is 9.47 Å². The molecule has 1 aromatic carbocycles. The number of furan rings is 1. The van der Waals surface area contributed by atoms with Gasteiger partial charge in [-0.05, 0) is 44.4 Å². The summed E-state index contributed by atoms with van der Waals surface area (Å²) in [6, 6.07) is 9.84. The first-order valence-corrected chi connectivity index (χ1v) is 12.1. The first kappa shape index (κ1) is 22.9. The topological polar surface area (TPSA) is 55.2 Å². The largest absolute Gasteiger partial charge is 0.497 e. The van der Waals surface area contributed by atoms with Gasteiger partial charge >= 0.3 is 0 Å². The van der Waals surface area contributed by atoms with Crippen molar-refractivity contribution in [3.63, 3.8) is 0 Å². The minimum absolute atomic E-state index is 0.0628. The second-order valence-corrected chi connectivity index (χ2v) is 9.62. The van der Waals surface area contributed by atoms with Gasteiger partial charge in [0.25, 0.3) is 0 Å². The number of carbonyl (C=O) groups excluding carboxylic acids is 1. The molecule has 0 radical (unpaired) electrons. The van der Waals surface area contributed by atoms with Crippen molar-refractivity contribution in [3.05, 3.63) is 47.4 Å². The molecular weight excluding hydrogens is 420 g/mol. The van der Waals surface area contributed by atoms with Crippen LogP contribution in [0.1, 0.15) is 28.9 Å². The number of rotatable bonds is 10. The summed E-state index contributed by atoms with van der Waals surface area (Å²) in [4.78, 5) is 16.8. The first-order valence-electron chi connectivity index (χ1n) is 9.95. The lowest BCUT2D eigenvalue weighted by Gasteiger charge is -2.36. The molecule has 1 aromatic heterocycles. The van der Waals surface area contributed by atoms with Crippen molar-refractivity contribution >= 4 is 29.4 Å². The summed E-state index contributed by atoms with van der Waals surface area (Å²) in [5.41, 5.74) is 0.985. The van der Waals surface area contributed by atoms with Crippen molar-refractivity contribution in [1.29, 1.82) is 0 Å². The zero-order valence-corrected chi connectivity index (χ0v) is 19.7. The minimum Gasteiger partial charge on any atom is -0.497 e. The molecule has 1 atom stereocenters. The molecule has 2 heterocycles. The van der Waals surface area contributed by atoms with E-state index in [9.17, 15) is 4.79 Å². The second kappa shape index (κ2) is 11.0. The standard InChI is InChI=1S/C22H30N2O4S2/c1-23(2)14-17-5-6-18(28-17)15-29-12-10-24-21(25)9-11-30-22(24)19-13-16(26-3)7-8-20(19)27-4/h5-8,13,22H,9-12,14-15H2,1-4H3. The van der Waals surface area contributed by atoms with Gasteiger partial charge in [0.1, 0.15) is 28.4 Å². The van der Waals surface area contributed by atoms with E-state index in [0.717, 1.165) is 52.4 Å². The SMILES string of the molecule is COc1ccc(OC)c(C2SCCC(=O)N2CCSCc2ccc(CN(C)C)o2)c1. The minimum atomic E-state index is -0.0628. The molecule has 164 valence electrons. The van der Waals surface area contributed by atoms with Gasteiger partial charge in [0.05, 0.1) is 26.5 Å². The van der Waals surface area contributed by atoms with Crippen molar-refractivity contribution in [2.24, 2.45) is 0 Å². The summed E-state index contributed by atoms with van der Waals surface area (Å²) in [5, 5.41) is -0.0628. The van der Waals surface area contributed by atoms with Crippen molar-refractivity contribution in [2.45, 2.75) is 24.1 Å². The van der Waals surface area contributed by atoms with Gasteiger partial charge in [0.15, 0.2) is 0 Å². The maximum atomic E-state index is 12.7. The van der Waals surface area contributed by atoms with E-state index >= 15 is 0 Å². The highest BCUT2D eigenvalue weighted by Crippen LogP contribution is 2.42. The smallest absolute Gasteiger partial charge is 0.224 e. The predicted octanol–water partition coefficient (Wildman–Crippen LogP) is 4.26. The Morgan fingerprint density at radius 2 is 2.00 bits per heavy atom. The van der Waals surface area contributed by atoms with Crippen LogP contribution in [0.2, 0.25) is 0 Å². The van der Waals surface area contributed by atoms with Crippen LogP contribution in [-0.2, 0) is 17.1 Å². The molecule has 0 N–H and O–H groups in total. The van der Waals surface area contributed by atoms with Gasteiger partial charge in [-0.15, -0.1) is 11.8 Å². The molecule has 6 nitrogen and oxygen atoms in total. The molecule has 0 spiro atoms. The van der Waals surface area contributed by atoms with Gasteiger partial charge < -0.3 is 23.7 Å². The van der Waals surface area contributed by atoms with Gasteiger partial charge in [-0.2, -0.15) is 11.8 Å². The van der Waals surface area contributed by atoms with Gasteiger partial charge in [0.2, 0.25) is 5.91 Å². The fraction of sp³-hybridized carbons (Fsp3) is 0.500. The summed E-state index contributed by atoms with van der Waals surface area (Å²) in [5.74, 6) is 6.15. The molecule has 1 aliphatic rings. The van der Waals surface area contributed by atoms with E-state index in [1.165, 1.54) is 0 Å². The third-order valence-corrected chi connectivity index (χ3v) is 7.03. The van der Waals surface area contributed by atoms with E-state index in [1.807, 2.05) is 49.3 Å². The predicted molar refractivity (Wildman–Crippen MR) is 123 cm³/mol. The number of methoxy groups -OCH3 is 2. The summed E-state index contributed by atoms with van der Waals surface area (Å²) in [6.45, 7) is 1.49. The monoisotopic (exact) mass is 450 g/mol. The summed E-state index contributed by atoms with van der Waals surface area (Å²) in [6.07, 6.45) is 0.574. The Hall–Kier alpha value is -1.77. The fourth-order valence-electron chi connectivity index (χ4n) is 3.39. The third kappa shape index (κ3) is 5.89. The van der Waals surface area contributed by atoms with Crippen LogP contribution in [0.5, 0.6) is 11.5 Å².